The highest BCUT2D eigenvalue weighted by molar-refractivity contribution is 8.03. The first-order valence-electron chi connectivity index (χ1n) is 5.03. The van der Waals surface area contributed by atoms with Gasteiger partial charge >= 0.3 is 5.97 Å². The first kappa shape index (κ1) is 12.4. The first-order chi connectivity index (χ1) is 7.19. The van der Waals surface area contributed by atoms with E-state index in [0.717, 1.165) is 11.6 Å². The van der Waals surface area contributed by atoms with Crippen LogP contribution >= 0.6 is 11.8 Å². The molecule has 0 aromatic heterocycles. The van der Waals surface area contributed by atoms with Gasteiger partial charge in [0.05, 0.1) is 12.5 Å². The van der Waals surface area contributed by atoms with Crippen molar-refractivity contribution in [2.75, 3.05) is 25.6 Å². The van der Waals surface area contributed by atoms with E-state index in [9.17, 15) is 4.79 Å². The number of ether oxygens (including phenoxy) is 1. The van der Waals surface area contributed by atoms with Gasteiger partial charge < -0.3 is 14.7 Å². The Bertz CT molecular complexity index is 265. The smallest absolute Gasteiger partial charge is 0.325 e. The summed E-state index contributed by atoms with van der Waals surface area (Å²) in [4.78, 5) is 14.4. The van der Waals surface area contributed by atoms with Crippen LogP contribution in [0.25, 0.3) is 0 Å². The number of hydrogen-bond donors (Lipinski definition) is 1. The summed E-state index contributed by atoms with van der Waals surface area (Å²) in [5.74, 6) is 0.586. The van der Waals surface area contributed by atoms with Gasteiger partial charge in [0.15, 0.2) is 0 Å². The summed E-state index contributed by atoms with van der Waals surface area (Å²) in [5.41, 5.74) is 1.09. The van der Waals surface area contributed by atoms with Crippen molar-refractivity contribution >= 4 is 17.7 Å². The van der Waals surface area contributed by atoms with Crippen LogP contribution in [0.1, 0.15) is 20.3 Å². The molecular weight excluding hydrogens is 214 g/mol. The van der Waals surface area contributed by atoms with Crippen molar-refractivity contribution in [3.63, 3.8) is 0 Å². The lowest BCUT2D eigenvalue weighted by atomic mass is 10.3. The van der Waals surface area contributed by atoms with Gasteiger partial charge in [-0.25, -0.2) is 0 Å². The molecule has 0 saturated heterocycles. The van der Waals surface area contributed by atoms with Gasteiger partial charge in [0.1, 0.15) is 6.54 Å². The molecule has 1 aliphatic heterocycles. The van der Waals surface area contributed by atoms with E-state index in [0.29, 0.717) is 19.6 Å². The van der Waals surface area contributed by atoms with Crippen LogP contribution in [-0.2, 0) is 9.53 Å². The van der Waals surface area contributed by atoms with Gasteiger partial charge in [-0.15, -0.1) is 11.8 Å². The number of thioether (sulfide) groups is 1. The Morgan fingerprint density at radius 1 is 1.67 bits per heavy atom. The number of carbonyl (C=O) groups is 1. The third-order valence-corrected chi connectivity index (χ3v) is 3.53. The van der Waals surface area contributed by atoms with Gasteiger partial charge in [-0.05, 0) is 13.8 Å². The average Bonchev–Trinajstić information content (AvgIpc) is 2.51. The zero-order valence-corrected chi connectivity index (χ0v) is 9.97. The molecule has 0 radical (unpaired) electrons. The summed E-state index contributed by atoms with van der Waals surface area (Å²) < 4.78 is 4.89. The number of carbonyl (C=O) groups excluding carboxylic acids is 1. The number of nitrogens with zero attached hydrogens (tertiary/aromatic N) is 1. The predicted molar refractivity (Wildman–Crippen MR) is 60.2 cm³/mol. The van der Waals surface area contributed by atoms with Crippen LogP contribution in [0.5, 0.6) is 0 Å². The van der Waals surface area contributed by atoms with Crippen LogP contribution in [0.3, 0.4) is 0 Å². The van der Waals surface area contributed by atoms with Crippen molar-refractivity contribution in [2.24, 2.45) is 0 Å². The molecule has 0 fully saturated rings. The van der Waals surface area contributed by atoms with Crippen LogP contribution in [0.2, 0.25) is 0 Å². The largest absolute Gasteiger partial charge is 0.465 e. The van der Waals surface area contributed by atoms with E-state index in [1.807, 2.05) is 11.8 Å². The summed E-state index contributed by atoms with van der Waals surface area (Å²) >= 11 is 1.68. The third-order valence-electron chi connectivity index (χ3n) is 2.24. The summed E-state index contributed by atoms with van der Waals surface area (Å²) in [7, 11) is 0. The summed E-state index contributed by atoms with van der Waals surface area (Å²) in [6.45, 7) is 4.67. The molecule has 0 aromatic rings. The molecule has 1 rings (SSSR count). The van der Waals surface area contributed by atoms with Crippen molar-refractivity contribution in [1.29, 1.82) is 0 Å². The molecule has 0 saturated carbocycles. The molecular formula is C10H17NO3S. The van der Waals surface area contributed by atoms with E-state index in [1.165, 1.54) is 4.91 Å². The fourth-order valence-corrected chi connectivity index (χ4v) is 2.58. The lowest BCUT2D eigenvalue weighted by Gasteiger charge is -2.17. The minimum atomic E-state index is -0.192. The zero-order valence-electron chi connectivity index (χ0n) is 9.15. The van der Waals surface area contributed by atoms with E-state index < -0.39 is 0 Å². The standard InChI is InChI=1S/C10H17NO3S/c1-3-14-10(13)6-11-7-15-9(4-5-12)8(11)2/h12H,3-7H2,1-2H3. The van der Waals surface area contributed by atoms with Gasteiger partial charge in [-0.2, -0.15) is 0 Å². The number of aliphatic hydroxyl groups excluding tert-OH is 1. The molecule has 0 unspecified atom stereocenters. The molecule has 4 nitrogen and oxygen atoms in total. The number of aliphatic hydroxyl groups is 1. The minimum Gasteiger partial charge on any atom is -0.465 e. The quantitative estimate of drug-likeness (QED) is 0.720. The Morgan fingerprint density at radius 3 is 3.00 bits per heavy atom. The van der Waals surface area contributed by atoms with Crippen LogP contribution in [-0.4, -0.2) is 41.6 Å². The van der Waals surface area contributed by atoms with E-state index >= 15 is 0 Å². The maximum absolute atomic E-state index is 11.3. The molecule has 86 valence electrons. The number of allylic oxidation sites excluding steroid dienone is 1. The maximum atomic E-state index is 11.3. The van der Waals surface area contributed by atoms with Crippen LogP contribution in [0, 0.1) is 0 Å². The molecule has 0 aliphatic carbocycles. The Hall–Kier alpha value is -0.680. The predicted octanol–water partition coefficient (Wildman–Crippen LogP) is 1.17. The molecule has 0 atom stereocenters. The lowest BCUT2D eigenvalue weighted by Crippen LogP contribution is -2.27. The van der Waals surface area contributed by atoms with E-state index in [-0.39, 0.29) is 12.6 Å². The lowest BCUT2D eigenvalue weighted by molar-refractivity contribution is -0.143. The second-order valence-corrected chi connectivity index (χ2v) is 4.30. The number of hydrogen-bond acceptors (Lipinski definition) is 5. The molecule has 1 heterocycles. The van der Waals surface area contributed by atoms with E-state index in [4.69, 9.17) is 9.84 Å². The Morgan fingerprint density at radius 2 is 2.40 bits per heavy atom. The van der Waals surface area contributed by atoms with Crippen molar-refractivity contribution in [3.8, 4) is 0 Å². The minimum absolute atomic E-state index is 0.160. The fraction of sp³-hybridized carbons (Fsp3) is 0.700. The Balaban J connectivity index is 2.48. The number of rotatable bonds is 5. The molecule has 15 heavy (non-hydrogen) atoms. The molecule has 1 N–H and O–H groups in total. The van der Waals surface area contributed by atoms with Gasteiger partial charge in [0.2, 0.25) is 0 Å². The normalized spacial score (nSPS) is 16.1. The van der Waals surface area contributed by atoms with Crippen molar-refractivity contribution < 1.29 is 14.6 Å². The maximum Gasteiger partial charge on any atom is 0.325 e. The summed E-state index contributed by atoms with van der Waals surface area (Å²) in [6.07, 6.45) is 0.676. The molecule has 5 heteroatoms. The van der Waals surface area contributed by atoms with Gasteiger partial charge in [0.25, 0.3) is 0 Å². The molecule has 0 spiro atoms. The fourth-order valence-electron chi connectivity index (χ4n) is 1.41. The third kappa shape index (κ3) is 3.43. The zero-order chi connectivity index (χ0) is 11.3. The van der Waals surface area contributed by atoms with Crippen LogP contribution < -0.4 is 0 Å². The second-order valence-electron chi connectivity index (χ2n) is 3.26. The monoisotopic (exact) mass is 231 g/mol. The van der Waals surface area contributed by atoms with Crippen molar-refractivity contribution in [1.82, 2.24) is 4.90 Å². The van der Waals surface area contributed by atoms with E-state index in [2.05, 4.69) is 0 Å². The van der Waals surface area contributed by atoms with Crippen LogP contribution in [0.15, 0.2) is 10.6 Å². The van der Waals surface area contributed by atoms with Crippen molar-refractivity contribution in [3.05, 3.63) is 10.6 Å². The number of esters is 1. The average molecular weight is 231 g/mol. The molecule has 0 bridgehead atoms. The molecule has 0 amide bonds. The Kier molecular flexibility index (Phi) is 4.98. The molecule has 1 aliphatic rings. The van der Waals surface area contributed by atoms with Gasteiger partial charge in [0, 0.05) is 23.6 Å². The van der Waals surface area contributed by atoms with Gasteiger partial charge in [-0.3, -0.25) is 4.79 Å². The highest BCUT2D eigenvalue weighted by atomic mass is 32.2. The topological polar surface area (TPSA) is 49.8 Å². The second kappa shape index (κ2) is 6.02. The molecule has 0 aromatic carbocycles. The van der Waals surface area contributed by atoms with Gasteiger partial charge in [-0.1, -0.05) is 0 Å². The highest BCUT2D eigenvalue weighted by Crippen LogP contribution is 2.33. The van der Waals surface area contributed by atoms with Crippen LogP contribution in [0.4, 0.5) is 0 Å². The SMILES string of the molecule is CCOC(=O)CN1CSC(CCO)=C1C. The highest BCUT2D eigenvalue weighted by Gasteiger charge is 2.21. The summed E-state index contributed by atoms with van der Waals surface area (Å²) in [6, 6.07) is 0. The summed E-state index contributed by atoms with van der Waals surface area (Å²) in [5, 5.41) is 8.84. The first-order valence-corrected chi connectivity index (χ1v) is 6.01. The Labute approximate surface area is 94.3 Å². The van der Waals surface area contributed by atoms with Crippen molar-refractivity contribution in [2.45, 2.75) is 20.3 Å². The van der Waals surface area contributed by atoms with E-state index in [1.54, 1.807) is 18.7 Å².